The van der Waals surface area contributed by atoms with Crippen molar-refractivity contribution in [2.24, 2.45) is 0 Å². The highest BCUT2D eigenvalue weighted by Gasteiger charge is 2.16. The predicted octanol–water partition coefficient (Wildman–Crippen LogP) is 3.91. The van der Waals surface area contributed by atoms with E-state index in [4.69, 9.17) is 16.3 Å². The molecule has 0 unspecified atom stereocenters. The monoisotopic (exact) mass is 303 g/mol. The predicted molar refractivity (Wildman–Crippen MR) is 85.1 cm³/mol. The third-order valence-electron chi connectivity index (χ3n) is 3.20. The van der Waals surface area contributed by atoms with Crippen molar-refractivity contribution in [3.05, 3.63) is 64.7 Å². The van der Waals surface area contributed by atoms with E-state index in [-0.39, 0.29) is 5.78 Å². The number of hydrogen-bond acceptors (Lipinski definition) is 3. The molecule has 2 aromatic rings. The van der Waals surface area contributed by atoms with Gasteiger partial charge in [-0.05, 0) is 69.4 Å². The first kappa shape index (κ1) is 15.5. The molecule has 0 fully saturated rings. The van der Waals surface area contributed by atoms with Crippen molar-refractivity contribution in [2.45, 2.75) is 19.6 Å². The minimum Gasteiger partial charge on any atom is -0.473 e. The molecule has 0 bridgehead atoms. The van der Waals surface area contributed by atoms with Crippen LogP contribution in [0, 0.1) is 0 Å². The standard InChI is InChI=1S/C17H18ClNO2/c1-17(2,19-3)21-15-10-6-13(7-11-15)16(20)12-4-8-14(18)9-5-12/h4-11,19H,1-3H3. The first-order valence-electron chi connectivity index (χ1n) is 6.69. The summed E-state index contributed by atoms with van der Waals surface area (Å²) in [4.78, 5) is 12.3. The van der Waals surface area contributed by atoms with Gasteiger partial charge in [0.15, 0.2) is 11.5 Å². The summed E-state index contributed by atoms with van der Waals surface area (Å²) in [6.07, 6.45) is 0. The molecule has 110 valence electrons. The van der Waals surface area contributed by atoms with E-state index in [0.29, 0.717) is 21.9 Å². The molecule has 2 aromatic carbocycles. The average Bonchev–Trinajstić information content (AvgIpc) is 2.48. The minimum atomic E-state index is -0.457. The highest BCUT2D eigenvalue weighted by molar-refractivity contribution is 6.30. The fourth-order valence-electron chi connectivity index (χ4n) is 1.79. The summed E-state index contributed by atoms with van der Waals surface area (Å²) < 4.78 is 5.77. The zero-order valence-electron chi connectivity index (χ0n) is 12.3. The molecule has 0 aliphatic carbocycles. The Balaban J connectivity index is 2.15. The zero-order chi connectivity index (χ0) is 15.5. The van der Waals surface area contributed by atoms with Crippen molar-refractivity contribution in [3.63, 3.8) is 0 Å². The SMILES string of the molecule is CNC(C)(C)Oc1ccc(C(=O)c2ccc(Cl)cc2)cc1. The largest absolute Gasteiger partial charge is 0.473 e. The number of carbonyl (C=O) groups excluding carboxylic acids is 1. The van der Waals surface area contributed by atoms with Crippen LogP contribution < -0.4 is 10.1 Å². The van der Waals surface area contributed by atoms with Gasteiger partial charge in [0.25, 0.3) is 0 Å². The molecule has 0 aliphatic rings. The third-order valence-corrected chi connectivity index (χ3v) is 3.45. The van der Waals surface area contributed by atoms with Gasteiger partial charge in [-0.3, -0.25) is 10.1 Å². The molecule has 0 aliphatic heterocycles. The van der Waals surface area contributed by atoms with Crippen LogP contribution in [0.25, 0.3) is 0 Å². The summed E-state index contributed by atoms with van der Waals surface area (Å²) in [5, 5.41) is 3.67. The van der Waals surface area contributed by atoms with Crippen LogP contribution in [0.1, 0.15) is 29.8 Å². The van der Waals surface area contributed by atoms with Gasteiger partial charge in [0, 0.05) is 16.1 Å². The molecule has 0 heterocycles. The van der Waals surface area contributed by atoms with Crippen LogP contribution in [0.4, 0.5) is 0 Å². The molecule has 2 rings (SSSR count). The van der Waals surface area contributed by atoms with E-state index in [0.717, 1.165) is 0 Å². The fourth-order valence-corrected chi connectivity index (χ4v) is 1.91. The Morgan fingerprint density at radius 1 is 1.00 bits per heavy atom. The number of ether oxygens (including phenoxy) is 1. The Kier molecular flexibility index (Phi) is 4.66. The number of halogens is 1. The number of nitrogens with one attached hydrogen (secondary N) is 1. The lowest BCUT2D eigenvalue weighted by molar-refractivity contribution is 0.0805. The molecule has 4 heteroatoms. The number of rotatable bonds is 5. The quantitative estimate of drug-likeness (QED) is 0.672. The van der Waals surface area contributed by atoms with Gasteiger partial charge in [-0.15, -0.1) is 0 Å². The maximum atomic E-state index is 12.3. The van der Waals surface area contributed by atoms with Crippen LogP contribution in [0.15, 0.2) is 48.5 Å². The Morgan fingerprint density at radius 3 is 1.95 bits per heavy atom. The number of benzene rings is 2. The lowest BCUT2D eigenvalue weighted by atomic mass is 10.0. The van der Waals surface area contributed by atoms with Crippen molar-refractivity contribution < 1.29 is 9.53 Å². The first-order chi connectivity index (χ1) is 9.91. The average molecular weight is 304 g/mol. The van der Waals surface area contributed by atoms with Gasteiger partial charge in [-0.25, -0.2) is 0 Å². The lowest BCUT2D eigenvalue weighted by Gasteiger charge is -2.25. The highest BCUT2D eigenvalue weighted by Crippen LogP contribution is 2.19. The molecule has 0 spiro atoms. The molecule has 1 N–H and O–H groups in total. The summed E-state index contributed by atoms with van der Waals surface area (Å²) in [7, 11) is 1.83. The van der Waals surface area contributed by atoms with Crippen LogP contribution in [-0.4, -0.2) is 18.6 Å². The van der Waals surface area contributed by atoms with Gasteiger partial charge >= 0.3 is 0 Å². The van der Waals surface area contributed by atoms with Gasteiger partial charge in [-0.2, -0.15) is 0 Å². The summed E-state index contributed by atoms with van der Waals surface area (Å²) >= 11 is 5.82. The lowest BCUT2D eigenvalue weighted by Crippen LogP contribution is -2.42. The maximum Gasteiger partial charge on any atom is 0.193 e. The first-order valence-corrected chi connectivity index (χ1v) is 7.07. The van der Waals surface area contributed by atoms with Crippen molar-refractivity contribution in [1.29, 1.82) is 0 Å². The second kappa shape index (κ2) is 6.29. The number of hydrogen-bond donors (Lipinski definition) is 1. The van der Waals surface area contributed by atoms with Crippen molar-refractivity contribution in [1.82, 2.24) is 5.32 Å². The van der Waals surface area contributed by atoms with Gasteiger partial charge in [0.2, 0.25) is 0 Å². The maximum absolute atomic E-state index is 12.3. The molecule has 3 nitrogen and oxygen atoms in total. The van der Waals surface area contributed by atoms with Gasteiger partial charge in [-0.1, -0.05) is 11.6 Å². The Hall–Kier alpha value is -1.84. The normalized spacial score (nSPS) is 11.2. The van der Waals surface area contributed by atoms with E-state index in [1.165, 1.54) is 0 Å². The highest BCUT2D eigenvalue weighted by atomic mass is 35.5. The van der Waals surface area contributed by atoms with Crippen LogP contribution >= 0.6 is 11.6 Å². The van der Waals surface area contributed by atoms with Gasteiger partial charge < -0.3 is 4.74 Å². The van der Waals surface area contributed by atoms with Crippen LogP contribution in [0.3, 0.4) is 0 Å². The summed E-state index contributed by atoms with van der Waals surface area (Å²) in [5.74, 6) is 0.674. The summed E-state index contributed by atoms with van der Waals surface area (Å²) in [5.41, 5.74) is 0.775. The van der Waals surface area contributed by atoms with E-state index in [9.17, 15) is 4.79 Å². The van der Waals surface area contributed by atoms with Crippen molar-refractivity contribution in [2.75, 3.05) is 7.05 Å². The molecule has 0 aromatic heterocycles. The smallest absolute Gasteiger partial charge is 0.193 e. The molecular formula is C17H18ClNO2. The number of ketones is 1. The summed E-state index contributed by atoms with van der Waals surface area (Å²) in [6.45, 7) is 3.86. The van der Waals surface area contributed by atoms with Crippen molar-refractivity contribution >= 4 is 17.4 Å². The molecule has 21 heavy (non-hydrogen) atoms. The van der Waals surface area contributed by atoms with E-state index >= 15 is 0 Å². The summed E-state index contributed by atoms with van der Waals surface area (Å²) in [6, 6.07) is 14.0. The molecule has 0 atom stereocenters. The molecule has 0 saturated heterocycles. The van der Waals surface area contributed by atoms with Crippen LogP contribution in [0.2, 0.25) is 5.02 Å². The Bertz CT molecular complexity index is 618. The molecular weight excluding hydrogens is 286 g/mol. The van der Waals surface area contributed by atoms with Crippen molar-refractivity contribution in [3.8, 4) is 5.75 Å². The second-order valence-corrected chi connectivity index (χ2v) is 5.66. The van der Waals surface area contributed by atoms with E-state index in [1.807, 2.05) is 20.9 Å². The molecule has 0 saturated carbocycles. The van der Waals surface area contributed by atoms with Gasteiger partial charge in [0.1, 0.15) is 5.75 Å². The van der Waals surface area contributed by atoms with Gasteiger partial charge in [0.05, 0.1) is 0 Å². The third kappa shape index (κ3) is 4.06. The minimum absolute atomic E-state index is 0.0360. The molecule has 0 radical (unpaired) electrons. The second-order valence-electron chi connectivity index (χ2n) is 5.22. The van der Waals surface area contributed by atoms with E-state index in [2.05, 4.69) is 5.32 Å². The van der Waals surface area contributed by atoms with Crippen LogP contribution in [-0.2, 0) is 0 Å². The Labute approximate surface area is 129 Å². The van der Waals surface area contributed by atoms with E-state index in [1.54, 1.807) is 48.5 Å². The molecule has 0 amide bonds. The van der Waals surface area contributed by atoms with E-state index < -0.39 is 5.72 Å². The fraction of sp³-hybridized carbons (Fsp3) is 0.235. The Morgan fingerprint density at radius 2 is 1.48 bits per heavy atom. The zero-order valence-corrected chi connectivity index (χ0v) is 13.1. The number of carbonyl (C=O) groups is 1. The topological polar surface area (TPSA) is 38.3 Å². The van der Waals surface area contributed by atoms with Crippen LogP contribution in [0.5, 0.6) is 5.75 Å².